The molecule has 1 atom stereocenters. The summed E-state index contributed by atoms with van der Waals surface area (Å²) in [6, 6.07) is 0. The van der Waals surface area contributed by atoms with Crippen LogP contribution in [0.5, 0.6) is 0 Å². The highest BCUT2D eigenvalue weighted by Gasteiger charge is 2.38. The lowest BCUT2D eigenvalue weighted by molar-refractivity contribution is -0.307. The Bertz CT molecular complexity index is 210. The third-order valence-corrected chi connectivity index (χ3v) is 1.94. The van der Waals surface area contributed by atoms with Crippen LogP contribution >= 0.6 is 12.4 Å². The Hall–Kier alpha value is -0.490. The molecule has 1 fully saturated rings. The molecule has 1 saturated heterocycles. The van der Waals surface area contributed by atoms with Crippen molar-refractivity contribution in [1.29, 1.82) is 0 Å². The monoisotopic (exact) mass is 233 g/mol. The minimum atomic E-state index is -4.85. The second-order valence-electron chi connectivity index (χ2n) is 3.11. The minimum Gasteiger partial charge on any atom is -0.373 e. The molecule has 1 aliphatic rings. The summed E-state index contributed by atoms with van der Waals surface area (Å²) in [6.07, 6.45) is -4.41. The van der Waals surface area contributed by atoms with E-state index < -0.39 is 18.2 Å². The third-order valence-electron chi connectivity index (χ3n) is 1.94. The fourth-order valence-corrected chi connectivity index (χ4v) is 1.32. The van der Waals surface area contributed by atoms with Crippen molar-refractivity contribution in [2.24, 2.45) is 5.92 Å². The number of likely N-dealkylation sites (tertiary alicyclic amines) is 1. The van der Waals surface area contributed by atoms with E-state index in [0.29, 0.717) is 19.5 Å². The molecule has 0 spiro atoms. The fraction of sp³-hybridized carbons (Fsp3) is 0.857. The standard InChI is InChI=1S/C7H10F3NO2.ClH/c1-11-3-2-5(4-11)6(12)13-7(8,9)10;/h5H,2-4H2,1H3;1H. The van der Waals surface area contributed by atoms with Crippen molar-refractivity contribution in [3.05, 3.63) is 0 Å². The van der Waals surface area contributed by atoms with Gasteiger partial charge in [-0.3, -0.25) is 4.79 Å². The highest BCUT2D eigenvalue weighted by Crippen LogP contribution is 2.22. The van der Waals surface area contributed by atoms with E-state index in [9.17, 15) is 18.0 Å². The van der Waals surface area contributed by atoms with Gasteiger partial charge in [0.1, 0.15) is 0 Å². The Morgan fingerprint density at radius 1 is 1.50 bits per heavy atom. The Morgan fingerprint density at radius 2 is 2.07 bits per heavy atom. The second-order valence-corrected chi connectivity index (χ2v) is 3.11. The average molecular weight is 234 g/mol. The van der Waals surface area contributed by atoms with E-state index in [1.165, 1.54) is 0 Å². The van der Waals surface area contributed by atoms with Gasteiger partial charge in [-0.05, 0) is 20.0 Å². The molecular weight excluding hydrogens is 223 g/mol. The van der Waals surface area contributed by atoms with Crippen molar-refractivity contribution in [1.82, 2.24) is 4.90 Å². The summed E-state index contributed by atoms with van der Waals surface area (Å²) in [5, 5.41) is 0. The molecule has 0 radical (unpaired) electrons. The summed E-state index contributed by atoms with van der Waals surface area (Å²) in [5.74, 6) is -1.80. The van der Waals surface area contributed by atoms with Crippen LogP contribution in [0.2, 0.25) is 0 Å². The summed E-state index contributed by atoms with van der Waals surface area (Å²) < 4.78 is 38.1. The van der Waals surface area contributed by atoms with Gasteiger partial charge in [0.25, 0.3) is 0 Å². The first-order valence-electron chi connectivity index (χ1n) is 3.86. The number of halogens is 4. The van der Waals surface area contributed by atoms with E-state index in [2.05, 4.69) is 4.74 Å². The number of rotatable bonds is 1. The molecule has 0 aromatic rings. The Morgan fingerprint density at radius 3 is 2.43 bits per heavy atom. The zero-order valence-corrected chi connectivity index (χ0v) is 8.32. The zero-order chi connectivity index (χ0) is 10.1. The molecule has 0 saturated carbocycles. The Kier molecular flexibility index (Phi) is 4.67. The predicted molar refractivity (Wildman–Crippen MR) is 45.0 cm³/mol. The first kappa shape index (κ1) is 13.5. The largest absolute Gasteiger partial charge is 0.575 e. The molecule has 7 heteroatoms. The first-order chi connectivity index (χ1) is 5.88. The number of esters is 1. The lowest BCUT2D eigenvalue weighted by Gasteiger charge is -2.11. The van der Waals surface area contributed by atoms with E-state index in [1.54, 1.807) is 11.9 Å². The van der Waals surface area contributed by atoms with Crippen LogP contribution in [0.3, 0.4) is 0 Å². The highest BCUT2D eigenvalue weighted by atomic mass is 35.5. The van der Waals surface area contributed by atoms with Gasteiger partial charge in [-0.15, -0.1) is 25.6 Å². The normalized spacial score (nSPS) is 23.0. The summed E-state index contributed by atoms with van der Waals surface area (Å²) in [4.78, 5) is 12.6. The number of nitrogens with zero attached hydrogens (tertiary/aromatic N) is 1. The van der Waals surface area contributed by atoms with Gasteiger partial charge in [0.2, 0.25) is 0 Å². The van der Waals surface area contributed by atoms with Crippen LogP contribution in [0, 0.1) is 5.92 Å². The number of hydrogen-bond donors (Lipinski definition) is 0. The summed E-state index contributed by atoms with van der Waals surface area (Å²) in [6.45, 7) is 0.979. The number of alkyl halides is 3. The molecule has 1 aliphatic heterocycles. The van der Waals surface area contributed by atoms with Crippen LogP contribution in [0.4, 0.5) is 13.2 Å². The van der Waals surface area contributed by atoms with E-state index in [4.69, 9.17) is 0 Å². The van der Waals surface area contributed by atoms with Gasteiger partial charge in [-0.1, -0.05) is 0 Å². The van der Waals surface area contributed by atoms with Gasteiger partial charge >= 0.3 is 12.3 Å². The lowest BCUT2D eigenvalue weighted by atomic mass is 10.1. The third kappa shape index (κ3) is 4.15. The van der Waals surface area contributed by atoms with Gasteiger partial charge in [0.05, 0.1) is 5.92 Å². The molecule has 0 N–H and O–H groups in total. The molecule has 84 valence electrons. The Balaban J connectivity index is 0.00000169. The van der Waals surface area contributed by atoms with Crippen molar-refractivity contribution in [2.45, 2.75) is 12.8 Å². The maximum Gasteiger partial charge on any atom is 0.575 e. The summed E-state index contributed by atoms with van der Waals surface area (Å²) in [7, 11) is 1.75. The van der Waals surface area contributed by atoms with Crippen LogP contribution in [-0.2, 0) is 9.53 Å². The molecule has 0 aliphatic carbocycles. The maximum absolute atomic E-state index is 11.6. The van der Waals surface area contributed by atoms with Crippen LogP contribution in [-0.4, -0.2) is 37.4 Å². The topological polar surface area (TPSA) is 29.5 Å². The smallest absolute Gasteiger partial charge is 0.373 e. The summed E-state index contributed by atoms with van der Waals surface area (Å²) in [5.41, 5.74) is 0. The number of carbonyl (C=O) groups excluding carboxylic acids is 1. The van der Waals surface area contributed by atoms with Crippen molar-refractivity contribution < 1.29 is 22.7 Å². The fourth-order valence-electron chi connectivity index (χ4n) is 1.32. The van der Waals surface area contributed by atoms with Gasteiger partial charge in [-0.2, -0.15) is 0 Å². The molecule has 3 nitrogen and oxygen atoms in total. The van der Waals surface area contributed by atoms with E-state index >= 15 is 0 Å². The molecule has 1 heterocycles. The van der Waals surface area contributed by atoms with Gasteiger partial charge in [0.15, 0.2) is 0 Å². The lowest BCUT2D eigenvalue weighted by Crippen LogP contribution is -2.27. The zero-order valence-electron chi connectivity index (χ0n) is 7.50. The number of carbonyl (C=O) groups is 1. The van der Waals surface area contributed by atoms with Gasteiger partial charge < -0.3 is 9.64 Å². The first-order valence-corrected chi connectivity index (χ1v) is 3.86. The van der Waals surface area contributed by atoms with Crippen LogP contribution in [0.25, 0.3) is 0 Å². The molecule has 0 bridgehead atoms. The predicted octanol–water partition coefficient (Wildman–Crippen LogP) is 1.42. The van der Waals surface area contributed by atoms with Gasteiger partial charge in [-0.25, -0.2) is 0 Å². The van der Waals surface area contributed by atoms with Crippen molar-refractivity contribution in [2.75, 3.05) is 20.1 Å². The van der Waals surface area contributed by atoms with E-state index in [1.807, 2.05) is 0 Å². The minimum absolute atomic E-state index is 0. The summed E-state index contributed by atoms with van der Waals surface area (Å²) >= 11 is 0. The van der Waals surface area contributed by atoms with Crippen molar-refractivity contribution in [3.63, 3.8) is 0 Å². The molecule has 0 amide bonds. The van der Waals surface area contributed by atoms with E-state index in [0.717, 1.165) is 0 Å². The number of ether oxygens (including phenoxy) is 1. The van der Waals surface area contributed by atoms with E-state index in [-0.39, 0.29) is 12.4 Å². The van der Waals surface area contributed by atoms with Crippen LogP contribution in [0.1, 0.15) is 6.42 Å². The second kappa shape index (κ2) is 4.84. The quantitative estimate of drug-likeness (QED) is 0.642. The van der Waals surface area contributed by atoms with Gasteiger partial charge in [0, 0.05) is 6.54 Å². The molecule has 14 heavy (non-hydrogen) atoms. The van der Waals surface area contributed by atoms with Crippen molar-refractivity contribution in [3.8, 4) is 0 Å². The SMILES string of the molecule is CN1CCC(C(=O)OC(F)(F)F)C1.Cl. The molecule has 0 aromatic heterocycles. The molecule has 1 rings (SSSR count). The number of hydrogen-bond acceptors (Lipinski definition) is 3. The van der Waals surface area contributed by atoms with Crippen molar-refractivity contribution >= 4 is 18.4 Å². The molecule has 1 unspecified atom stereocenters. The van der Waals surface area contributed by atoms with Crippen LogP contribution in [0.15, 0.2) is 0 Å². The van der Waals surface area contributed by atoms with Crippen LogP contribution < -0.4 is 0 Å². The Labute approximate surface area is 85.6 Å². The molecule has 0 aromatic carbocycles. The highest BCUT2D eigenvalue weighted by molar-refractivity contribution is 5.85. The average Bonchev–Trinajstić information content (AvgIpc) is 2.31. The molecular formula is C7H11ClF3NO2. The maximum atomic E-state index is 11.6.